The van der Waals surface area contributed by atoms with Crippen LogP contribution in [0.1, 0.15) is 42.6 Å². The zero-order valence-corrected chi connectivity index (χ0v) is 16.2. The van der Waals surface area contributed by atoms with Crippen molar-refractivity contribution in [3.63, 3.8) is 0 Å². The summed E-state index contributed by atoms with van der Waals surface area (Å²) in [5.41, 5.74) is 2.13. The SMILES string of the molecule is CCCCC(O)[C@@H](SC)c1ccccc1[S@@](=O)c1ccc(C)cc1. The molecule has 0 radical (unpaired) electrons. The number of hydrogen-bond acceptors (Lipinski definition) is 3. The largest absolute Gasteiger partial charge is 0.392 e. The van der Waals surface area contributed by atoms with Gasteiger partial charge in [0.05, 0.1) is 22.2 Å². The Morgan fingerprint density at radius 1 is 1.12 bits per heavy atom. The van der Waals surface area contributed by atoms with E-state index in [0.29, 0.717) is 0 Å². The molecule has 0 spiro atoms. The molecule has 0 aliphatic heterocycles. The molecule has 0 aromatic heterocycles. The fourth-order valence-corrected chi connectivity index (χ4v) is 4.96. The van der Waals surface area contributed by atoms with Crippen LogP contribution in [0.2, 0.25) is 0 Å². The molecule has 2 rings (SSSR count). The lowest BCUT2D eigenvalue weighted by Crippen LogP contribution is -2.17. The van der Waals surface area contributed by atoms with Crippen LogP contribution in [0, 0.1) is 6.92 Å². The number of hydrogen-bond donors (Lipinski definition) is 1. The van der Waals surface area contributed by atoms with Crippen LogP contribution in [0.25, 0.3) is 0 Å². The molecule has 0 saturated carbocycles. The smallest absolute Gasteiger partial charge is 0.0852 e. The summed E-state index contributed by atoms with van der Waals surface area (Å²) in [6.45, 7) is 4.15. The average molecular weight is 363 g/mol. The molecule has 24 heavy (non-hydrogen) atoms. The Morgan fingerprint density at radius 2 is 1.79 bits per heavy atom. The third kappa shape index (κ3) is 4.71. The van der Waals surface area contributed by atoms with Crippen LogP contribution in [0.4, 0.5) is 0 Å². The summed E-state index contributed by atoms with van der Waals surface area (Å²) in [7, 11) is -1.24. The topological polar surface area (TPSA) is 37.3 Å². The van der Waals surface area contributed by atoms with Crippen molar-refractivity contribution in [3.8, 4) is 0 Å². The summed E-state index contributed by atoms with van der Waals surface area (Å²) >= 11 is 1.63. The van der Waals surface area contributed by atoms with Gasteiger partial charge in [0.25, 0.3) is 0 Å². The van der Waals surface area contributed by atoms with Gasteiger partial charge in [0, 0.05) is 9.79 Å². The number of rotatable bonds is 8. The molecule has 130 valence electrons. The summed E-state index contributed by atoms with van der Waals surface area (Å²) in [4.78, 5) is 1.60. The molecule has 0 aliphatic rings. The average Bonchev–Trinajstić information content (AvgIpc) is 2.61. The predicted octanol–water partition coefficient (Wildman–Crippen LogP) is 5.12. The minimum atomic E-state index is -1.24. The maximum atomic E-state index is 13.1. The van der Waals surface area contributed by atoms with Crippen LogP contribution >= 0.6 is 11.8 Å². The third-order valence-corrected chi connectivity index (χ3v) is 6.66. The molecule has 2 aromatic carbocycles. The first-order valence-corrected chi connectivity index (χ1v) is 10.8. The highest BCUT2D eigenvalue weighted by Gasteiger charge is 2.24. The van der Waals surface area contributed by atoms with Gasteiger partial charge in [0.15, 0.2) is 0 Å². The molecule has 2 aromatic rings. The first-order chi connectivity index (χ1) is 11.6. The van der Waals surface area contributed by atoms with Crippen LogP contribution < -0.4 is 0 Å². The van der Waals surface area contributed by atoms with Gasteiger partial charge in [-0.3, -0.25) is 0 Å². The minimum Gasteiger partial charge on any atom is -0.392 e. The first kappa shape index (κ1) is 19.2. The van der Waals surface area contributed by atoms with Crippen molar-refractivity contribution >= 4 is 22.6 Å². The van der Waals surface area contributed by atoms with Gasteiger partial charge in [-0.2, -0.15) is 11.8 Å². The third-order valence-electron chi connectivity index (χ3n) is 4.12. The van der Waals surface area contributed by atoms with Crippen molar-refractivity contribution < 1.29 is 9.32 Å². The van der Waals surface area contributed by atoms with Crippen molar-refractivity contribution in [1.29, 1.82) is 0 Å². The Kier molecular flexibility index (Phi) is 7.53. The fourth-order valence-electron chi connectivity index (χ4n) is 2.73. The molecule has 0 heterocycles. The second-order valence-corrected chi connectivity index (χ2v) is 8.41. The molecule has 1 unspecified atom stereocenters. The van der Waals surface area contributed by atoms with Crippen LogP contribution in [0.5, 0.6) is 0 Å². The van der Waals surface area contributed by atoms with E-state index in [0.717, 1.165) is 40.2 Å². The maximum Gasteiger partial charge on any atom is 0.0852 e. The molecule has 3 atom stereocenters. The standard InChI is InChI=1S/C20H26O2S2/c1-4-5-9-18(21)20(23-3)17-8-6-7-10-19(17)24(22)16-13-11-15(2)12-14-16/h6-8,10-14,18,20-21H,4-5,9H2,1-3H3/t18?,20-,24-/m0/s1. The van der Waals surface area contributed by atoms with E-state index < -0.39 is 16.9 Å². The van der Waals surface area contributed by atoms with Gasteiger partial charge in [-0.15, -0.1) is 0 Å². The molecule has 0 bridgehead atoms. The Morgan fingerprint density at radius 3 is 2.42 bits per heavy atom. The van der Waals surface area contributed by atoms with Crippen LogP contribution in [0.15, 0.2) is 58.3 Å². The van der Waals surface area contributed by atoms with E-state index in [-0.39, 0.29) is 5.25 Å². The lowest BCUT2D eigenvalue weighted by molar-refractivity contribution is 0.158. The lowest BCUT2D eigenvalue weighted by Gasteiger charge is -2.23. The highest BCUT2D eigenvalue weighted by atomic mass is 32.2. The Bertz CT molecular complexity index is 668. The maximum absolute atomic E-state index is 13.1. The summed E-state index contributed by atoms with van der Waals surface area (Å²) in [6.07, 6.45) is 4.42. The molecule has 0 amide bonds. The van der Waals surface area contributed by atoms with Crippen LogP contribution in [0.3, 0.4) is 0 Å². The Labute approximate surface area is 152 Å². The zero-order chi connectivity index (χ0) is 17.5. The summed E-state index contributed by atoms with van der Waals surface area (Å²) < 4.78 is 13.1. The number of unbranched alkanes of at least 4 members (excludes halogenated alkanes) is 1. The van der Waals surface area contributed by atoms with Crippen molar-refractivity contribution in [2.75, 3.05) is 6.26 Å². The van der Waals surface area contributed by atoms with Crippen LogP contribution in [-0.2, 0) is 10.8 Å². The number of thioether (sulfide) groups is 1. The molecule has 4 heteroatoms. The van der Waals surface area contributed by atoms with E-state index >= 15 is 0 Å². The highest BCUT2D eigenvalue weighted by Crippen LogP contribution is 2.36. The van der Waals surface area contributed by atoms with E-state index in [1.807, 2.05) is 61.7 Å². The summed E-state index contributed by atoms with van der Waals surface area (Å²) in [6, 6.07) is 15.6. The van der Waals surface area contributed by atoms with Gasteiger partial charge in [-0.25, -0.2) is 4.21 Å². The predicted molar refractivity (Wildman–Crippen MR) is 104 cm³/mol. The normalized spacial score (nSPS) is 15.0. The highest BCUT2D eigenvalue weighted by molar-refractivity contribution is 7.98. The van der Waals surface area contributed by atoms with Gasteiger partial charge in [-0.05, 0) is 43.4 Å². The number of aryl methyl sites for hydroxylation is 1. The second kappa shape index (κ2) is 9.40. The van der Waals surface area contributed by atoms with Gasteiger partial charge in [-0.1, -0.05) is 55.7 Å². The second-order valence-electron chi connectivity index (χ2n) is 5.99. The monoisotopic (exact) mass is 362 g/mol. The fraction of sp³-hybridized carbons (Fsp3) is 0.400. The lowest BCUT2D eigenvalue weighted by atomic mass is 10.0. The van der Waals surface area contributed by atoms with Gasteiger partial charge >= 0.3 is 0 Å². The molecule has 2 nitrogen and oxygen atoms in total. The van der Waals surface area contributed by atoms with Crippen molar-refractivity contribution in [1.82, 2.24) is 0 Å². The Balaban J connectivity index is 2.34. The number of aliphatic hydroxyl groups excluding tert-OH is 1. The van der Waals surface area contributed by atoms with E-state index in [1.165, 1.54) is 0 Å². The van der Waals surface area contributed by atoms with E-state index in [2.05, 4.69) is 6.92 Å². The van der Waals surface area contributed by atoms with E-state index in [4.69, 9.17) is 0 Å². The van der Waals surface area contributed by atoms with E-state index in [1.54, 1.807) is 11.8 Å². The molecular formula is C20H26O2S2. The van der Waals surface area contributed by atoms with Gasteiger partial charge in [0.1, 0.15) is 0 Å². The molecular weight excluding hydrogens is 336 g/mol. The molecule has 0 saturated heterocycles. The number of aliphatic hydroxyl groups is 1. The van der Waals surface area contributed by atoms with Gasteiger partial charge in [0.2, 0.25) is 0 Å². The molecule has 1 N–H and O–H groups in total. The summed E-state index contributed by atoms with van der Waals surface area (Å²) in [5.74, 6) is 0. The van der Waals surface area contributed by atoms with Crippen molar-refractivity contribution in [2.24, 2.45) is 0 Å². The quantitative estimate of drug-likeness (QED) is 0.708. The Hall–Kier alpha value is -1.10. The zero-order valence-electron chi connectivity index (χ0n) is 14.6. The first-order valence-electron chi connectivity index (χ1n) is 8.36. The molecule has 0 aliphatic carbocycles. The van der Waals surface area contributed by atoms with Crippen molar-refractivity contribution in [2.45, 2.75) is 54.3 Å². The van der Waals surface area contributed by atoms with Crippen LogP contribution in [-0.4, -0.2) is 21.7 Å². The van der Waals surface area contributed by atoms with E-state index in [9.17, 15) is 9.32 Å². The molecule has 0 fully saturated rings. The minimum absolute atomic E-state index is 0.0536. The number of benzene rings is 2. The summed E-state index contributed by atoms with van der Waals surface area (Å²) in [5, 5.41) is 10.5. The van der Waals surface area contributed by atoms with Crippen molar-refractivity contribution in [3.05, 3.63) is 59.7 Å². The van der Waals surface area contributed by atoms with Gasteiger partial charge < -0.3 is 5.11 Å².